The van der Waals surface area contributed by atoms with E-state index < -0.39 is 34.0 Å². The molecule has 2 N–H and O–H groups in total. The number of likely N-dealkylation sites (tertiary alicyclic amines) is 1. The van der Waals surface area contributed by atoms with Crippen molar-refractivity contribution in [1.82, 2.24) is 19.4 Å². The van der Waals surface area contributed by atoms with Gasteiger partial charge < -0.3 is 25.0 Å². The lowest BCUT2D eigenvalue weighted by Crippen LogP contribution is -2.51. The summed E-state index contributed by atoms with van der Waals surface area (Å²) in [6.07, 6.45) is 1.32. The molecule has 1 aromatic rings. The molecule has 2 fully saturated rings. The number of carbonyl (C=O) groups is 4. The summed E-state index contributed by atoms with van der Waals surface area (Å²) in [4.78, 5) is 53.0. The van der Waals surface area contributed by atoms with Crippen molar-refractivity contribution < 1.29 is 37.4 Å². The molecule has 2 aliphatic heterocycles. The lowest BCUT2D eigenvalue weighted by Gasteiger charge is -2.32. The van der Waals surface area contributed by atoms with Gasteiger partial charge in [0.25, 0.3) is 0 Å². The van der Waals surface area contributed by atoms with Gasteiger partial charge in [-0.3, -0.25) is 9.59 Å². The highest BCUT2D eigenvalue weighted by atomic mass is 35.5. The van der Waals surface area contributed by atoms with Gasteiger partial charge in [0.2, 0.25) is 21.8 Å². The fourth-order valence-electron chi connectivity index (χ4n) is 5.17. The molecule has 42 heavy (non-hydrogen) atoms. The number of ether oxygens (including phenoxy) is 1. The molecule has 0 saturated carbocycles. The first-order chi connectivity index (χ1) is 19.9. The van der Waals surface area contributed by atoms with Gasteiger partial charge in [0.15, 0.2) is 0 Å². The van der Waals surface area contributed by atoms with Gasteiger partial charge in [-0.1, -0.05) is 23.2 Å². The molecule has 2 atom stereocenters. The normalized spacial score (nSPS) is 18.9. The monoisotopic (exact) mass is 648 g/mol. The lowest BCUT2D eigenvalue weighted by atomic mass is 9.97. The fourth-order valence-corrected chi connectivity index (χ4v) is 7.55. The number of nitrogens with one attached hydrogen (secondary N) is 1. The van der Waals surface area contributed by atoms with Crippen LogP contribution in [-0.2, 0) is 29.1 Å². The zero-order valence-corrected chi connectivity index (χ0v) is 26.1. The summed E-state index contributed by atoms with van der Waals surface area (Å²) in [5.74, 6) is -2.17. The fraction of sp³-hybridized carbons (Fsp3) is 0.630. The van der Waals surface area contributed by atoms with E-state index >= 15 is 0 Å². The van der Waals surface area contributed by atoms with Crippen LogP contribution in [0.4, 0.5) is 4.79 Å². The highest BCUT2D eigenvalue weighted by Crippen LogP contribution is 2.30. The van der Waals surface area contributed by atoms with Crippen LogP contribution in [0.15, 0.2) is 23.1 Å². The average molecular weight is 650 g/mol. The summed E-state index contributed by atoms with van der Waals surface area (Å²) in [6.45, 7) is 6.16. The predicted octanol–water partition coefficient (Wildman–Crippen LogP) is 3.21. The Morgan fingerprint density at radius 1 is 1.05 bits per heavy atom. The summed E-state index contributed by atoms with van der Waals surface area (Å²) >= 11 is 11.9. The van der Waals surface area contributed by atoms with E-state index in [2.05, 4.69) is 5.32 Å². The molecule has 234 valence electrons. The molecule has 2 saturated heterocycles. The second-order valence-corrected chi connectivity index (χ2v) is 13.2. The number of carbonyl (C=O) groups excluding carboxylic acids is 3. The Bertz CT molecular complexity index is 1230. The minimum atomic E-state index is -4.13. The van der Waals surface area contributed by atoms with E-state index in [1.165, 1.54) is 18.2 Å². The number of hydrogen-bond acceptors (Lipinski definition) is 7. The van der Waals surface area contributed by atoms with E-state index in [0.29, 0.717) is 45.4 Å². The van der Waals surface area contributed by atoms with Gasteiger partial charge in [0.1, 0.15) is 12.1 Å². The summed E-state index contributed by atoms with van der Waals surface area (Å²) in [7, 11) is -4.13. The molecule has 3 rings (SSSR count). The quantitative estimate of drug-likeness (QED) is 0.350. The summed E-state index contributed by atoms with van der Waals surface area (Å²) in [5.41, 5.74) is 0. The first-order valence-electron chi connectivity index (χ1n) is 14.1. The minimum Gasteiger partial charge on any atom is -0.480 e. The Morgan fingerprint density at radius 2 is 1.67 bits per heavy atom. The second-order valence-electron chi connectivity index (χ2n) is 10.4. The zero-order valence-electron chi connectivity index (χ0n) is 23.8. The summed E-state index contributed by atoms with van der Waals surface area (Å²) in [6, 6.07) is 1.39. The third-order valence-corrected chi connectivity index (χ3v) is 9.96. The molecule has 2 aliphatic rings. The topological polar surface area (TPSA) is 154 Å². The number of carboxylic acid groups (broad SMARTS) is 1. The van der Waals surface area contributed by atoms with E-state index in [9.17, 15) is 32.7 Å². The molecule has 0 bridgehead atoms. The Balaban J connectivity index is 1.52. The number of benzene rings is 1. The number of sulfonamides is 1. The largest absolute Gasteiger partial charge is 0.480 e. The van der Waals surface area contributed by atoms with Gasteiger partial charge in [0, 0.05) is 49.2 Å². The van der Waals surface area contributed by atoms with E-state index in [1.807, 2.05) is 13.8 Å². The molecule has 12 nitrogen and oxygen atoms in total. The van der Waals surface area contributed by atoms with Gasteiger partial charge in [-0.25, -0.2) is 18.0 Å². The number of rotatable bonds is 12. The van der Waals surface area contributed by atoms with Crippen LogP contribution in [-0.4, -0.2) is 103 Å². The van der Waals surface area contributed by atoms with Gasteiger partial charge in [0.05, 0.1) is 11.5 Å². The van der Waals surface area contributed by atoms with Gasteiger partial charge in [-0.15, -0.1) is 0 Å². The molecule has 0 aromatic heterocycles. The Morgan fingerprint density at radius 3 is 2.24 bits per heavy atom. The maximum Gasteiger partial charge on any atom is 0.409 e. The Hall–Kier alpha value is -2.61. The minimum absolute atomic E-state index is 0.0748. The van der Waals surface area contributed by atoms with Crippen molar-refractivity contribution in [2.24, 2.45) is 5.92 Å². The maximum absolute atomic E-state index is 13.3. The first kappa shape index (κ1) is 33.9. The number of carboxylic acids is 1. The van der Waals surface area contributed by atoms with E-state index in [4.69, 9.17) is 27.9 Å². The van der Waals surface area contributed by atoms with Crippen LogP contribution in [0.5, 0.6) is 0 Å². The van der Waals surface area contributed by atoms with Crippen molar-refractivity contribution in [3.63, 3.8) is 0 Å². The molecule has 1 aromatic carbocycles. The van der Waals surface area contributed by atoms with Crippen molar-refractivity contribution >= 4 is 57.1 Å². The molecular formula is C27H38Cl2N4O8S. The molecule has 0 unspecified atom stereocenters. The summed E-state index contributed by atoms with van der Waals surface area (Å²) < 4.78 is 32.9. The molecular weight excluding hydrogens is 611 g/mol. The number of amides is 3. The molecule has 0 spiro atoms. The smallest absolute Gasteiger partial charge is 0.409 e. The number of nitrogens with zero attached hydrogens (tertiary/aromatic N) is 3. The van der Waals surface area contributed by atoms with Gasteiger partial charge in [-0.2, -0.15) is 4.31 Å². The maximum atomic E-state index is 13.3. The Kier molecular flexibility index (Phi) is 12.3. The molecule has 2 heterocycles. The van der Waals surface area contributed by atoms with Crippen LogP contribution in [0, 0.1) is 5.92 Å². The van der Waals surface area contributed by atoms with Crippen LogP contribution in [0.1, 0.15) is 52.4 Å². The van der Waals surface area contributed by atoms with Crippen LogP contribution in [0.3, 0.4) is 0 Å². The molecule has 0 radical (unpaired) electrons. The second kappa shape index (κ2) is 15.2. The highest BCUT2D eigenvalue weighted by molar-refractivity contribution is 7.89. The predicted molar refractivity (Wildman–Crippen MR) is 156 cm³/mol. The lowest BCUT2D eigenvalue weighted by molar-refractivity contribution is -0.143. The third kappa shape index (κ3) is 8.71. The van der Waals surface area contributed by atoms with E-state index in [0.717, 1.165) is 4.31 Å². The van der Waals surface area contributed by atoms with Crippen LogP contribution in [0.2, 0.25) is 10.0 Å². The Labute approximate surface area is 256 Å². The molecule has 3 amide bonds. The third-order valence-electron chi connectivity index (χ3n) is 7.64. The van der Waals surface area contributed by atoms with Crippen LogP contribution < -0.4 is 5.32 Å². The van der Waals surface area contributed by atoms with Crippen molar-refractivity contribution in [3.05, 3.63) is 28.2 Å². The SMILES string of the molecule is CCN(CC)C(=O)OCC1CCN(C(=O)CC[C@H](NC(=O)[C@H]2CCCN2S(=O)(=O)c2cc(Cl)cc(Cl)c2)C(=O)O)CC1. The number of hydrogen-bond donors (Lipinski definition) is 2. The first-order valence-corrected chi connectivity index (χ1v) is 16.3. The van der Waals surface area contributed by atoms with Crippen LogP contribution >= 0.6 is 23.2 Å². The summed E-state index contributed by atoms with van der Waals surface area (Å²) in [5, 5.41) is 12.4. The van der Waals surface area contributed by atoms with Gasteiger partial charge >= 0.3 is 12.1 Å². The number of aliphatic carboxylic acids is 1. The number of halogens is 2. The molecule has 15 heteroatoms. The van der Waals surface area contributed by atoms with Crippen molar-refractivity contribution in [1.29, 1.82) is 0 Å². The van der Waals surface area contributed by atoms with Crippen LogP contribution in [0.25, 0.3) is 0 Å². The van der Waals surface area contributed by atoms with E-state index in [1.54, 1.807) is 9.80 Å². The number of piperidine rings is 1. The zero-order chi connectivity index (χ0) is 31.0. The van der Waals surface area contributed by atoms with Crippen molar-refractivity contribution in [3.8, 4) is 0 Å². The van der Waals surface area contributed by atoms with Crippen molar-refractivity contribution in [2.75, 3.05) is 39.3 Å². The average Bonchev–Trinajstić information content (AvgIpc) is 3.45. The molecule has 0 aliphatic carbocycles. The highest BCUT2D eigenvalue weighted by Gasteiger charge is 2.41. The van der Waals surface area contributed by atoms with E-state index in [-0.39, 0.29) is 65.3 Å². The van der Waals surface area contributed by atoms with Crippen molar-refractivity contribution in [2.45, 2.75) is 69.4 Å². The standard InChI is InChI=1S/C27H38Cl2N4O8S/c1-3-31(4-2)27(38)41-17-18-9-12-32(13-10-18)24(34)8-7-22(26(36)37)30-25(35)23-6-5-11-33(23)42(39,40)21-15-19(28)14-20(29)16-21/h14-16,18,22-23H,3-13,17H2,1-2H3,(H,30,35)(H,36,37)/t22-,23+/m0/s1. The van der Waals surface area contributed by atoms with Gasteiger partial charge in [-0.05, 0) is 70.1 Å².